The Morgan fingerprint density at radius 3 is 2.70 bits per heavy atom. The van der Waals surface area contributed by atoms with Gasteiger partial charge in [-0.05, 0) is 18.2 Å². The van der Waals surface area contributed by atoms with Gasteiger partial charge in [0.25, 0.3) is 5.91 Å². The highest BCUT2D eigenvalue weighted by molar-refractivity contribution is 7.89. The van der Waals surface area contributed by atoms with E-state index >= 15 is 0 Å². The van der Waals surface area contributed by atoms with Crippen LogP contribution in [-0.2, 0) is 14.8 Å². The maximum absolute atomic E-state index is 12.4. The number of nitrogens with zero attached hydrogens (tertiary/aromatic N) is 1. The molecule has 0 saturated heterocycles. The first-order chi connectivity index (χ1) is 10.8. The minimum Gasteiger partial charge on any atom is -0.550 e. The number of carboxylic acid groups (broad SMARTS) is 1. The molecule has 0 aliphatic carbocycles. The Labute approximate surface area is 132 Å². The van der Waals surface area contributed by atoms with Gasteiger partial charge in [-0.25, -0.2) is 13.1 Å². The van der Waals surface area contributed by atoms with Crippen LogP contribution >= 0.6 is 0 Å². The monoisotopic (exact) mass is 333 g/mol. The van der Waals surface area contributed by atoms with Gasteiger partial charge in [-0.1, -0.05) is 12.1 Å². The Hall–Kier alpha value is -2.45. The van der Waals surface area contributed by atoms with Crippen LogP contribution in [0.1, 0.15) is 16.8 Å². The van der Waals surface area contributed by atoms with Crippen LogP contribution in [-0.4, -0.2) is 33.9 Å². The van der Waals surface area contributed by atoms with E-state index in [2.05, 4.69) is 4.72 Å². The van der Waals surface area contributed by atoms with Gasteiger partial charge in [-0.3, -0.25) is 4.79 Å². The van der Waals surface area contributed by atoms with Gasteiger partial charge in [0.05, 0.1) is 10.6 Å². The highest BCUT2D eigenvalue weighted by atomic mass is 32.2. The third-order valence-corrected chi connectivity index (χ3v) is 5.30. The van der Waals surface area contributed by atoms with E-state index in [1.54, 1.807) is 31.3 Å². The Bertz CT molecular complexity index is 936. The summed E-state index contributed by atoms with van der Waals surface area (Å²) in [6.07, 6.45) is -0.415. The molecule has 2 aromatic carbocycles. The molecular formula is C15H13N2O5S-. The van der Waals surface area contributed by atoms with Crippen molar-refractivity contribution in [2.75, 3.05) is 18.5 Å². The summed E-state index contributed by atoms with van der Waals surface area (Å²) in [5.41, 5.74) is 1.10. The van der Waals surface area contributed by atoms with Crippen LogP contribution in [0.25, 0.3) is 10.8 Å². The lowest BCUT2D eigenvalue weighted by molar-refractivity contribution is -0.305. The maximum Gasteiger partial charge on any atom is 0.258 e. The summed E-state index contributed by atoms with van der Waals surface area (Å²) in [6, 6.07) is 7.89. The normalized spacial score (nSPS) is 13.8. The van der Waals surface area contributed by atoms with Crippen LogP contribution in [0.15, 0.2) is 35.2 Å². The van der Waals surface area contributed by atoms with Crippen molar-refractivity contribution in [3.8, 4) is 0 Å². The molecular weight excluding hydrogens is 320 g/mol. The summed E-state index contributed by atoms with van der Waals surface area (Å²) in [5.74, 6) is -1.52. The highest BCUT2D eigenvalue weighted by Gasteiger charge is 2.29. The molecule has 0 saturated carbocycles. The van der Waals surface area contributed by atoms with Crippen LogP contribution < -0.4 is 14.7 Å². The van der Waals surface area contributed by atoms with Gasteiger partial charge in [-0.15, -0.1) is 0 Å². The third-order valence-electron chi connectivity index (χ3n) is 3.79. The molecule has 0 bridgehead atoms. The number of benzene rings is 2. The molecule has 120 valence electrons. The molecule has 0 unspecified atom stereocenters. The van der Waals surface area contributed by atoms with E-state index in [9.17, 15) is 23.1 Å². The number of hydrogen-bond donors (Lipinski definition) is 1. The van der Waals surface area contributed by atoms with E-state index in [1.807, 2.05) is 0 Å². The SMILES string of the molecule is CN1C(=O)c2cccc3c(S(=O)(=O)NCCC(=O)[O-])ccc1c23. The van der Waals surface area contributed by atoms with Gasteiger partial charge >= 0.3 is 0 Å². The van der Waals surface area contributed by atoms with Crippen molar-refractivity contribution in [3.05, 3.63) is 35.9 Å². The molecule has 1 heterocycles. The van der Waals surface area contributed by atoms with E-state index in [0.717, 1.165) is 0 Å². The molecule has 1 aliphatic heterocycles. The zero-order chi connectivity index (χ0) is 16.8. The Balaban J connectivity index is 2.11. The highest BCUT2D eigenvalue weighted by Crippen LogP contribution is 2.39. The molecule has 23 heavy (non-hydrogen) atoms. The summed E-state index contributed by atoms with van der Waals surface area (Å²) in [7, 11) is -2.27. The van der Waals surface area contributed by atoms with Crippen LogP contribution in [0, 0.1) is 0 Å². The number of aliphatic carboxylic acids is 1. The minimum atomic E-state index is -3.89. The number of carbonyl (C=O) groups excluding carboxylic acids is 2. The van der Waals surface area contributed by atoms with E-state index in [4.69, 9.17) is 0 Å². The second-order valence-corrected chi connectivity index (χ2v) is 6.93. The van der Waals surface area contributed by atoms with E-state index in [1.165, 1.54) is 11.0 Å². The topological polar surface area (TPSA) is 107 Å². The molecule has 0 aromatic heterocycles. The van der Waals surface area contributed by atoms with Gasteiger partial charge in [-0.2, -0.15) is 0 Å². The number of nitrogens with one attached hydrogen (secondary N) is 1. The number of hydrogen-bond acceptors (Lipinski definition) is 5. The van der Waals surface area contributed by atoms with E-state index in [0.29, 0.717) is 22.0 Å². The first-order valence-electron chi connectivity index (χ1n) is 6.86. The van der Waals surface area contributed by atoms with Gasteiger partial charge in [0.1, 0.15) is 0 Å². The number of anilines is 1. The Morgan fingerprint density at radius 2 is 2.00 bits per heavy atom. The lowest BCUT2D eigenvalue weighted by Gasteiger charge is -2.13. The number of carbonyl (C=O) groups is 2. The second-order valence-electron chi connectivity index (χ2n) is 5.19. The standard InChI is InChI=1S/C15H14N2O5S/c1-17-11-5-6-12(23(21,22)16-8-7-13(18)19)9-3-2-4-10(14(9)11)15(17)20/h2-6,16H,7-8H2,1H3,(H,18,19)/p-1. The predicted molar refractivity (Wildman–Crippen MR) is 81.5 cm³/mol. The zero-order valence-electron chi connectivity index (χ0n) is 12.2. The molecule has 1 N–H and O–H groups in total. The number of amides is 1. The molecule has 2 aromatic rings. The number of carboxylic acids is 1. The number of sulfonamides is 1. The van der Waals surface area contributed by atoms with Crippen LogP contribution in [0.5, 0.6) is 0 Å². The van der Waals surface area contributed by atoms with Crippen molar-refractivity contribution < 1.29 is 23.1 Å². The largest absolute Gasteiger partial charge is 0.550 e. The molecule has 0 spiro atoms. The molecule has 3 rings (SSSR count). The molecule has 1 aliphatic rings. The van der Waals surface area contributed by atoms with E-state index < -0.39 is 22.4 Å². The summed E-state index contributed by atoms with van der Waals surface area (Å²) in [4.78, 5) is 24.1. The molecule has 7 nitrogen and oxygen atoms in total. The zero-order valence-corrected chi connectivity index (χ0v) is 13.0. The molecule has 8 heteroatoms. The fourth-order valence-corrected chi connectivity index (χ4v) is 3.94. The first kappa shape index (κ1) is 15.4. The number of rotatable bonds is 5. The quantitative estimate of drug-likeness (QED) is 0.819. The minimum absolute atomic E-state index is 0.0135. The average molecular weight is 333 g/mol. The Kier molecular flexibility index (Phi) is 3.57. The second kappa shape index (κ2) is 5.32. The van der Waals surface area contributed by atoms with Crippen molar-refractivity contribution in [1.82, 2.24) is 4.72 Å². The molecule has 0 atom stereocenters. The fraction of sp³-hybridized carbons (Fsp3) is 0.200. The third kappa shape index (κ3) is 2.45. The maximum atomic E-state index is 12.4. The summed E-state index contributed by atoms with van der Waals surface area (Å²) in [6.45, 7) is -0.258. The van der Waals surface area contributed by atoms with Gasteiger partial charge in [0.15, 0.2) is 0 Å². The van der Waals surface area contributed by atoms with Crippen LogP contribution in [0.2, 0.25) is 0 Å². The van der Waals surface area contributed by atoms with Gasteiger partial charge < -0.3 is 14.8 Å². The van der Waals surface area contributed by atoms with Crippen molar-refractivity contribution >= 4 is 38.4 Å². The van der Waals surface area contributed by atoms with Crippen molar-refractivity contribution in [1.29, 1.82) is 0 Å². The van der Waals surface area contributed by atoms with Gasteiger partial charge in [0.2, 0.25) is 10.0 Å². The lowest BCUT2D eigenvalue weighted by Crippen LogP contribution is -2.31. The fourth-order valence-electron chi connectivity index (χ4n) is 2.71. The molecule has 0 fully saturated rings. The lowest BCUT2D eigenvalue weighted by atomic mass is 10.1. The summed E-state index contributed by atoms with van der Waals surface area (Å²) in [5, 5.41) is 11.4. The van der Waals surface area contributed by atoms with Crippen molar-refractivity contribution in [2.24, 2.45) is 0 Å². The predicted octanol–water partition coefficient (Wildman–Crippen LogP) is -0.152. The van der Waals surface area contributed by atoms with Crippen molar-refractivity contribution in [2.45, 2.75) is 11.3 Å². The molecule has 1 amide bonds. The van der Waals surface area contributed by atoms with E-state index in [-0.39, 0.29) is 17.3 Å². The molecule has 0 radical (unpaired) electrons. The first-order valence-corrected chi connectivity index (χ1v) is 8.34. The summed E-state index contributed by atoms with van der Waals surface area (Å²) < 4.78 is 27.1. The van der Waals surface area contributed by atoms with Crippen LogP contribution in [0.3, 0.4) is 0 Å². The van der Waals surface area contributed by atoms with Crippen molar-refractivity contribution in [3.63, 3.8) is 0 Å². The summed E-state index contributed by atoms with van der Waals surface area (Å²) >= 11 is 0. The van der Waals surface area contributed by atoms with Crippen LogP contribution in [0.4, 0.5) is 5.69 Å². The smallest absolute Gasteiger partial charge is 0.258 e. The average Bonchev–Trinajstić information content (AvgIpc) is 2.74. The Morgan fingerprint density at radius 1 is 1.26 bits per heavy atom. The van der Waals surface area contributed by atoms with Gasteiger partial charge in [0, 0.05) is 42.3 Å².